The average molecular weight is 421 g/mol. The van der Waals surface area contributed by atoms with E-state index in [0.29, 0.717) is 27.3 Å². The van der Waals surface area contributed by atoms with Gasteiger partial charge in [-0.1, -0.05) is 21.1 Å². The molecule has 0 spiro atoms. The van der Waals surface area contributed by atoms with Gasteiger partial charge in [-0.2, -0.15) is 4.98 Å². The minimum absolute atomic E-state index is 0.00283. The summed E-state index contributed by atoms with van der Waals surface area (Å²) in [6, 6.07) is 4.91. The van der Waals surface area contributed by atoms with Gasteiger partial charge in [0.05, 0.1) is 16.7 Å². The number of amides is 3. The van der Waals surface area contributed by atoms with E-state index in [1.807, 2.05) is 0 Å². The van der Waals surface area contributed by atoms with Gasteiger partial charge < -0.3 is 9.84 Å². The molecule has 2 heterocycles. The van der Waals surface area contributed by atoms with Crippen molar-refractivity contribution in [3.05, 3.63) is 45.5 Å². The van der Waals surface area contributed by atoms with E-state index in [1.54, 1.807) is 39.0 Å². The van der Waals surface area contributed by atoms with Crippen LogP contribution in [0.15, 0.2) is 27.2 Å². The number of hydrogen-bond donors (Lipinski definition) is 1. The zero-order chi connectivity index (χ0) is 19.1. The lowest BCUT2D eigenvalue weighted by molar-refractivity contribution is -0.123. The third-order valence-electron chi connectivity index (χ3n) is 4.03. The average Bonchev–Trinajstić information content (AvgIpc) is 3.09. The number of aryl methyl sites for hydroxylation is 1. The van der Waals surface area contributed by atoms with Gasteiger partial charge in [0, 0.05) is 24.4 Å². The molecule has 1 aliphatic rings. The molecule has 3 amide bonds. The topological polar surface area (TPSA) is 105 Å². The highest BCUT2D eigenvalue weighted by molar-refractivity contribution is 9.10. The van der Waals surface area contributed by atoms with E-state index < -0.39 is 17.4 Å². The summed E-state index contributed by atoms with van der Waals surface area (Å²) >= 11 is 3.29. The van der Waals surface area contributed by atoms with Gasteiger partial charge in [-0.3, -0.25) is 19.3 Å². The summed E-state index contributed by atoms with van der Waals surface area (Å²) in [6.07, 6.45) is -0.0209. The Kier molecular flexibility index (Phi) is 4.66. The second-order valence-corrected chi connectivity index (χ2v) is 7.43. The number of carbonyl (C=O) groups is 3. The summed E-state index contributed by atoms with van der Waals surface area (Å²) in [7, 11) is 0. The van der Waals surface area contributed by atoms with Gasteiger partial charge >= 0.3 is 0 Å². The molecule has 1 aliphatic heterocycles. The van der Waals surface area contributed by atoms with Crippen LogP contribution in [0.4, 0.5) is 0 Å². The van der Waals surface area contributed by atoms with Crippen LogP contribution in [0.5, 0.6) is 0 Å². The third-order valence-corrected chi connectivity index (χ3v) is 4.53. The second-order valence-electron chi connectivity index (χ2n) is 6.51. The van der Waals surface area contributed by atoms with Crippen molar-refractivity contribution in [3.8, 4) is 0 Å². The van der Waals surface area contributed by atoms with Crippen molar-refractivity contribution >= 4 is 33.7 Å². The smallest absolute Gasteiger partial charge is 0.261 e. The zero-order valence-corrected chi connectivity index (χ0v) is 16.1. The van der Waals surface area contributed by atoms with Crippen LogP contribution < -0.4 is 5.32 Å². The largest absolute Gasteiger partial charge is 0.344 e. The highest BCUT2D eigenvalue weighted by atomic mass is 79.9. The first kappa shape index (κ1) is 18.2. The van der Waals surface area contributed by atoms with Crippen molar-refractivity contribution < 1.29 is 18.9 Å². The SMILES string of the molecule is Cc1nc(C(C)(C)NC(=O)CCN2C(=O)c3ccc(Br)cc3C2=O)no1. The molecule has 8 nitrogen and oxygen atoms in total. The standard InChI is InChI=1S/C17H17BrN4O4/c1-9-19-16(21-26-9)17(2,3)20-13(23)6-7-22-14(24)11-5-4-10(18)8-12(11)15(22)25/h4-5,8H,6-7H2,1-3H3,(H,20,23). The molecule has 3 rings (SSSR count). The Morgan fingerprint density at radius 1 is 1.27 bits per heavy atom. The molecule has 2 aromatic rings. The van der Waals surface area contributed by atoms with Gasteiger partial charge in [-0.05, 0) is 32.0 Å². The lowest BCUT2D eigenvalue weighted by Crippen LogP contribution is -2.43. The van der Waals surface area contributed by atoms with E-state index in [9.17, 15) is 14.4 Å². The lowest BCUT2D eigenvalue weighted by atomic mass is 10.0. The predicted molar refractivity (Wildman–Crippen MR) is 94.3 cm³/mol. The van der Waals surface area contributed by atoms with Crippen LogP contribution >= 0.6 is 15.9 Å². The van der Waals surface area contributed by atoms with E-state index in [1.165, 1.54) is 0 Å². The van der Waals surface area contributed by atoms with Crippen LogP contribution in [0, 0.1) is 6.92 Å². The van der Waals surface area contributed by atoms with Crippen molar-refractivity contribution in [2.45, 2.75) is 32.7 Å². The number of benzene rings is 1. The molecule has 0 atom stereocenters. The number of halogens is 1. The number of rotatable bonds is 5. The third kappa shape index (κ3) is 3.39. The first-order chi connectivity index (χ1) is 12.2. The molecule has 1 aromatic heterocycles. The predicted octanol–water partition coefficient (Wildman–Crippen LogP) is 2.18. The summed E-state index contributed by atoms with van der Waals surface area (Å²) in [6.45, 7) is 5.15. The molecule has 0 bridgehead atoms. The monoisotopic (exact) mass is 420 g/mol. The number of imide groups is 1. The second kappa shape index (κ2) is 6.64. The van der Waals surface area contributed by atoms with Crippen LogP contribution in [-0.4, -0.2) is 39.3 Å². The summed E-state index contributed by atoms with van der Waals surface area (Å²) in [5.74, 6) is -0.353. The number of aromatic nitrogens is 2. The summed E-state index contributed by atoms with van der Waals surface area (Å²) in [4.78, 5) is 42.3. The van der Waals surface area contributed by atoms with E-state index >= 15 is 0 Å². The van der Waals surface area contributed by atoms with Crippen LogP contribution in [0.25, 0.3) is 0 Å². The fourth-order valence-corrected chi connectivity index (χ4v) is 3.06. The normalized spacial score (nSPS) is 13.9. The van der Waals surface area contributed by atoms with Gasteiger partial charge in [-0.25, -0.2) is 0 Å². The van der Waals surface area contributed by atoms with Gasteiger partial charge in [0.2, 0.25) is 11.8 Å². The van der Waals surface area contributed by atoms with Crippen LogP contribution in [-0.2, 0) is 10.3 Å². The highest BCUT2D eigenvalue weighted by Gasteiger charge is 2.36. The van der Waals surface area contributed by atoms with Gasteiger partial charge in [0.15, 0.2) is 5.82 Å². The molecule has 0 radical (unpaired) electrons. The Labute approximate surface area is 158 Å². The Balaban J connectivity index is 1.63. The number of hydrogen-bond acceptors (Lipinski definition) is 6. The molecule has 26 heavy (non-hydrogen) atoms. The molecule has 0 aliphatic carbocycles. The molecule has 136 valence electrons. The van der Waals surface area contributed by atoms with Crippen molar-refractivity contribution in [1.82, 2.24) is 20.4 Å². The highest BCUT2D eigenvalue weighted by Crippen LogP contribution is 2.26. The van der Waals surface area contributed by atoms with Crippen LogP contribution in [0.2, 0.25) is 0 Å². The fourth-order valence-electron chi connectivity index (χ4n) is 2.70. The first-order valence-electron chi connectivity index (χ1n) is 7.96. The van der Waals surface area contributed by atoms with E-state index in [0.717, 1.165) is 4.90 Å². The van der Waals surface area contributed by atoms with E-state index in [2.05, 4.69) is 31.4 Å². The molecule has 0 saturated heterocycles. The Morgan fingerprint density at radius 2 is 1.96 bits per heavy atom. The van der Waals surface area contributed by atoms with Crippen molar-refractivity contribution in [3.63, 3.8) is 0 Å². The zero-order valence-electron chi connectivity index (χ0n) is 14.5. The van der Waals surface area contributed by atoms with Crippen LogP contribution in [0.3, 0.4) is 0 Å². The number of carbonyl (C=O) groups excluding carboxylic acids is 3. The summed E-state index contributed by atoms with van der Waals surface area (Å²) < 4.78 is 5.65. The molecular formula is C17H17BrN4O4. The lowest BCUT2D eigenvalue weighted by Gasteiger charge is -2.23. The molecule has 0 saturated carbocycles. The quantitative estimate of drug-likeness (QED) is 0.742. The van der Waals surface area contributed by atoms with Crippen molar-refractivity contribution in [2.75, 3.05) is 6.54 Å². The first-order valence-corrected chi connectivity index (χ1v) is 8.76. The molecule has 0 unspecified atom stereocenters. The Hall–Kier alpha value is -2.55. The number of fused-ring (bicyclic) bond motifs is 1. The van der Waals surface area contributed by atoms with Crippen molar-refractivity contribution in [1.29, 1.82) is 0 Å². The maximum atomic E-state index is 12.4. The Morgan fingerprint density at radius 3 is 2.62 bits per heavy atom. The summed E-state index contributed by atoms with van der Waals surface area (Å²) in [5, 5.41) is 6.60. The minimum atomic E-state index is -0.832. The summed E-state index contributed by atoms with van der Waals surface area (Å²) in [5.41, 5.74) is -0.143. The van der Waals surface area contributed by atoms with E-state index in [-0.39, 0.29) is 18.9 Å². The number of nitrogens with one attached hydrogen (secondary N) is 1. The molecule has 0 fully saturated rings. The molecule has 1 N–H and O–H groups in total. The maximum absolute atomic E-state index is 12.4. The Bertz CT molecular complexity index is 906. The molecule has 9 heteroatoms. The van der Waals surface area contributed by atoms with Gasteiger partial charge in [-0.15, -0.1) is 0 Å². The molecular weight excluding hydrogens is 404 g/mol. The van der Waals surface area contributed by atoms with Crippen molar-refractivity contribution in [2.24, 2.45) is 0 Å². The van der Waals surface area contributed by atoms with Gasteiger partial charge in [0.1, 0.15) is 0 Å². The number of nitrogens with zero attached hydrogens (tertiary/aromatic N) is 3. The maximum Gasteiger partial charge on any atom is 0.261 e. The fraction of sp³-hybridized carbons (Fsp3) is 0.353. The van der Waals surface area contributed by atoms with Crippen LogP contribution in [0.1, 0.15) is 52.7 Å². The van der Waals surface area contributed by atoms with Gasteiger partial charge in [0.25, 0.3) is 11.8 Å². The van der Waals surface area contributed by atoms with E-state index in [4.69, 9.17) is 4.52 Å². The minimum Gasteiger partial charge on any atom is -0.344 e. The molecule has 1 aromatic carbocycles.